The summed E-state index contributed by atoms with van der Waals surface area (Å²) in [4.78, 5) is 24.0. The van der Waals surface area contributed by atoms with Gasteiger partial charge < -0.3 is 14.8 Å². The van der Waals surface area contributed by atoms with Crippen LogP contribution in [0, 0.1) is 0 Å². The van der Waals surface area contributed by atoms with E-state index in [-0.39, 0.29) is 17.8 Å². The number of nitrogens with two attached hydrogens (primary N) is 1. The van der Waals surface area contributed by atoms with E-state index in [1.165, 1.54) is 6.21 Å². The summed E-state index contributed by atoms with van der Waals surface area (Å²) >= 11 is 0. The number of allylic oxidation sites excluding steroid dienone is 1. The van der Waals surface area contributed by atoms with Gasteiger partial charge in [0.2, 0.25) is 5.82 Å². The highest BCUT2D eigenvalue weighted by Gasteiger charge is 2.22. The average molecular weight is 377 g/mol. The van der Waals surface area contributed by atoms with Gasteiger partial charge in [-0.2, -0.15) is 4.98 Å². The molecule has 8 heteroatoms. The lowest BCUT2D eigenvalue weighted by atomic mass is 10.1. The van der Waals surface area contributed by atoms with Crippen molar-refractivity contribution >= 4 is 18.2 Å². The van der Waals surface area contributed by atoms with Crippen LogP contribution in [0.5, 0.6) is 0 Å². The zero-order valence-electron chi connectivity index (χ0n) is 15.3. The van der Waals surface area contributed by atoms with Crippen molar-refractivity contribution in [1.82, 2.24) is 25.4 Å². The van der Waals surface area contributed by atoms with Gasteiger partial charge >= 0.3 is 11.8 Å². The fourth-order valence-electron chi connectivity index (χ4n) is 3.29. The molecule has 0 atom stereocenters. The van der Waals surface area contributed by atoms with Crippen LogP contribution in [0.4, 0.5) is 0 Å². The number of hydrogen-bond acceptors (Lipinski definition) is 5. The quantitative estimate of drug-likeness (QED) is 0.564. The first-order chi connectivity index (χ1) is 13.7. The summed E-state index contributed by atoms with van der Waals surface area (Å²) in [6, 6.07) is 7.83. The third-order valence-electron chi connectivity index (χ3n) is 4.70. The van der Waals surface area contributed by atoms with Crippen molar-refractivity contribution in [3.63, 3.8) is 0 Å². The van der Waals surface area contributed by atoms with Crippen molar-refractivity contribution < 1.29 is 14.7 Å². The fraction of sp³-hybridized carbons (Fsp3) is 0.250. The standard InChI is InChI=1S/C20H20N6O2/c21-10-4-9-17-22-12-16(24-17)13-5-3-6-14(11-13)18-25-20(28-26-18)19(27)23-15-7-1-2-8-15/h3-6,9-12,15,21H,1-2,7-8H2,(H,22,24)(H,23,27)/p+1/b9-4-,21-10?. The monoisotopic (exact) mass is 377 g/mol. The van der Waals surface area contributed by atoms with Crippen LogP contribution in [0.3, 0.4) is 0 Å². The van der Waals surface area contributed by atoms with E-state index in [0.29, 0.717) is 11.6 Å². The molecule has 1 amide bonds. The number of aromatic amines is 1. The first-order valence-corrected chi connectivity index (χ1v) is 9.25. The highest BCUT2D eigenvalue weighted by atomic mass is 16.5. The molecule has 0 saturated heterocycles. The molecule has 1 aliphatic carbocycles. The molecule has 142 valence electrons. The second-order valence-corrected chi connectivity index (χ2v) is 6.69. The molecule has 2 heterocycles. The molecule has 0 radical (unpaired) electrons. The normalized spacial score (nSPS) is 14.6. The number of nitrogens with one attached hydrogen (secondary N) is 2. The first-order valence-electron chi connectivity index (χ1n) is 9.25. The smallest absolute Gasteiger partial charge is 0.316 e. The predicted octanol–water partition coefficient (Wildman–Crippen LogP) is 1.64. The maximum absolute atomic E-state index is 12.3. The number of hydrogen-bond donors (Lipinski definition) is 3. The third kappa shape index (κ3) is 3.90. The second-order valence-electron chi connectivity index (χ2n) is 6.69. The Labute approximate surface area is 161 Å². The summed E-state index contributed by atoms with van der Waals surface area (Å²) in [5.41, 5.74) is 2.52. The molecule has 4 rings (SSSR count). The van der Waals surface area contributed by atoms with Gasteiger partial charge in [-0.05, 0) is 25.0 Å². The number of imidazole rings is 1. The van der Waals surface area contributed by atoms with Gasteiger partial charge in [0.05, 0.1) is 11.9 Å². The third-order valence-corrected chi connectivity index (χ3v) is 4.70. The number of amides is 1. The van der Waals surface area contributed by atoms with Crippen LogP contribution >= 0.6 is 0 Å². The van der Waals surface area contributed by atoms with Crippen LogP contribution < -0.4 is 10.7 Å². The van der Waals surface area contributed by atoms with Gasteiger partial charge in [-0.25, -0.2) is 4.98 Å². The zero-order chi connectivity index (χ0) is 19.3. The lowest BCUT2D eigenvalue weighted by Gasteiger charge is -2.08. The van der Waals surface area contributed by atoms with E-state index in [9.17, 15) is 4.79 Å². The van der Waals surface area contributed by atoms with Crippen LogP contribution in [0.2, 0.25) is 0 Å². The largest absolute Gasteiger partial charge is 0.345 e. The van der Waals surface area contributed by atoms with Crippen LogP contribution in [-0.4, -0.2) is 38.3 Å². The van der Waals surface area contributed by atoms with Crippen molar-refractivity contribution in [2.75, 3.05) is 0 Å². The molecule has 1 fully saturated rings. The predicted molar refractivity (Wildman–Crippen MR) is 104 cm³/mol. The number of aromatic nitrogens is 4. The van der Waals surface area contributed by atoms with E-state index >= 15 is 0 Å². The summed E-state index contributed by atoms with van der Waals surface area (Å²) in [5, 5.41) is 12.3. The molecule has 0 bridgehead atoms. The molecule has 1 aromatic carbocycles. The SMILES string of the molecule is [NH2+]=C/C=C\c1ncc(-c2cccc(-c3noc(C(=O)NC4CCCC4)n3)c2)[nH]1. The summed E-state index contributed by atoms with van der Waals surface area (Å²) in [6.07, 6.45) is 11.0. The molecule has 1 aliphatic rings. The van der Waals surface area contributed by atoms with Crippen LogP contribution in [0.25, 0.3) is 28.7 Å². The van der Waals surface area contributed by atoms with E-state index in [2.05, 4.69) is 25.4 Å². The number of H-pyrrole nitrogens is 1. The number of carbonyl (C=O) groups excluding carboxylic acids is 1. The maximum Gasteiger partial charge on any atom is 0.316 e. The Kier molecular flexibility index (Phi) is 5.09. The van der Waals surface area contributed by atoms with Gasteiger partial charge in [0.15, 0.2) is 6.21 Å². The van der Waals surface area contributed by atoms with Crippen LogP contribution in [0.1, 0.15) is 42.2 Å². The number of rotatable bonds is 6. The molecule has 0 unspecified atom stereocenters. The molecule has 1 saturated carbocycles. The molecular formula is C20H21N6O2+. The molecule has 3 aromatic rings. The summed E-state index contributed by atoms with van der Waals surface area (Å²) in [5.74, 6) is 0.742. The van der Waals surface area contributed by atoms with Gasteiger partial charge in [-0.15, -0.1) is 0 Å². The maximum atomic E-state index is 12.3. The minimum absolute atomic E-state index is 0.0145. The van der Waals surface area contributed by atoms with Crippen molar-refractivity contribution in [1.29, 1.82) is 0 Å². The average Bonchev–Trinajstić information content (AvgIpc) is 3.47. The minimum atomic E-state index is -0.316. The summed E-state index contributed by atoms with van der Waals surface area (Å²) in [7, 11) is 0. The Hall–Kier alpha value is -3.55. The zero-order valence-corrected chi connectivity index (χ0v) is 15.3. The Morgan fingerprint density at radius 2 is 2.11 bits per heavy atom. The molecule has 0 aliphatic heterocycles. The summed E-state index contributed by atoms with van der Waals surface area (Å²) < 4.78 is 5.17. The van der Waals surface area contributed by atoms with Gasteiger partial charge in [-0.1, -0.05) is 36.2 Å². The van der Waals surface area contributed by atoms with Crippen molar-refractivity contribution in [2.45, 2.75) is 31.7 Å². The minimum Gasteiger partial charge on any atom is -0.345 e. The van der Waals surface area contributed by atoms with E-state index < -0.39 is 0 Å². The highest BCUT2D eigenvalue weighted by molar-refractivity contribution is 5.90. The molecule has 4 N–H and O–H groups in total. The van der Waals surface area contributed by atoms with Crippen LogP contribution in [0.15, 0.2) is 41.1 Å². The first kappa shape index (κ1) is 17.8. The van der Waals surface area contributed by atoms with Gasteiger partial charge in [0.1, 0.15) is 5.82 Å². The van der Waals surface area contributed by atoms with E-state index in [0.717, 1.165) is 42.5 Å². The number of nitrogens with zero attached hydrogens (tertiary/aromatic N) is 3. The molecule has 2 aromatic heterocycles. The van der Waals surface area contributed by atoms with Gasteiger partial charge in [0, 0.05) is 23.2 Å². The number of carbonyl (C=O) groups is 1. The second kappa shape index (κ2) is 7.99. The lowest BCUT2D eigenvalue weighted by Crippen LogP contribution is -2.32. The van der Waals surface area contributed by atoms with E-state index in [1.54, 1.807) is 18.3 Å². The molecule has 0 spiro atoms. The van der Waals surface area contributed by atoms with Crippen molar-refractivity contribution in [3.8, 4) is 22.6 Å². The molecule has 8 nitrogen and oxygen atoms in total. The van der Waals surface area contributed by atoms with Gasteiger partial charge in [0.25, 0.3) is 0 Å². The Bertz CT molecular complexity index is 1010. The fourth-order valence-corrected chi connectivity index (χ4v) is 3.29. The van der Waals surface area contributed by atoms with E-state index in [4.69, 9.17) is 9.93 Å². The van der Waals surface area contributed by atoms with Gasteiger partial charge in [-0.3, -0.25) is 10.2 Å². The summed E-state index contributed by atoms with van der Waals surface area (Å²) in [6.45, 7) is 0. The Morgan fingerprint density at radius 3 is 2.93 bits per heavy atom. The highest BCUT2D eigenvalue weighted by Crippen LogP contribution is 2.24. The van der Waals surface area contributed by atoms with E-state index in [1.807, 2.05) is 24.3 Å². The molecule has 28 heavy (non-hydrogen) atoms. The number of benzene rings is 1. The van der Waals surface area contributed by atoms with Crippen LogP contribution in [-0.2, 0) is 0 Å². The molecular weight excluding hydrogens is 356 g/mol. The Morgan fingerprint density at radius 1 is 1.29 bits per heavy atom. The van der Waals surface area contributed by atoms with Crippen molar-refractivity contribution in [2.24, 2.45) is 0 Å². The Balaban J connectivity index is 1.52. The van der Waals surface area contributed by atoms with Crippen molar-refractivity contribution in [3.05, 3.63) is 48.3 Å². The topological polar surface area (TPSA) is 122 Å². The lowest BCUT2D eigenvalue weighted by molar-refractivity contribution is -0.104.